The standard InChI is InChI=1S/C19H15NO3/c21-19(22)17-9-5-4-8-16(17)15-10-11-18(20-12-15)23-13-14-6-2-1-3-7-14/h1-12H,13H2,(H,21,22). The Kier molecular flexibility index (Phi) is 4.34. The third-order valence-corrected chi connectivity index (χ3v) is 3.43. The number of pyridine rings is 1. The number of carboxylic acid groups (broad SMARTS) is 1. The van der Waals surface area contributed by atoms with E-state index in [2.05, 4.69) is 4.98 Å². The molecule has 3 rings (SSSR count). The van der Waals surface area contributed by atoms with Crippen molar-refractivity contribution in [2.24, 2.45) is 0 Å². The SMILES string of the molecule is O=C(O)c1ccccc1-c1ccc(OCc2ccccc2)nc1. The number of hydrogen-bond donors (Lipinski definition) is 1. The predicted molar refractivity (Wildman–Crippen MR) is 87.4 cm³/mol. The van der Waals surface area contributed by atoms with E-state index in [1.807, 2.05) is 42.5 Å². The van der Waals surface area contributed by atoms with Crippen LogP contribution in [0.4, 0.5) is 0 Å². The van der Waals surface area contributed by atoms with Gasteiger partial charge >= 0.3 is 5.97 Å². The molecule has 0 saturated carbocycles. The molecule has 1 aromatic heterocycles. The average Bonchev–Trinajstić information content (AvgIpc) is 2.61. The summed E-state index contributed by atoms with van der Waals surface area (Å²) in [6, 6.07) is 20.3. The van der Waals surface area contributed by atoms with Gasteiger partial charge in [-0.3, -0.25) is 0 Å². The van der Waals surface area contributed by atoms with E-state index in [0.29, 0.717) is 18.1 Å². The molecule has 0 aliphatic rings. The smallest absolute Gasteiger partial charge is 0.336 e. The Morgan fingerprint density at radius 1 is 0.957 bits per heavy atom. The molecule has 0 fully saturated rings. The molecule has 3 aromatic rings. The van der Waals surface area contributed by atoms with Crippen molar-refractivity contribution in [2.75, 3.05) is 0 Å². The molecule has 1 N–H and O–H groups in total. The summed E-state index contributed by atoms with van der Waals surface area (Å²) in [7, 11) is 0. The van der Waals surface area contributed by atoms with Gasteiger partial charge < -0.3 is 9.84 Å². The van der Waals surface area contributed by atoms with Crippen LogP contribution in [0.3, 0.4) is 0 Å². The number of hydrogen-bond acceptors (Lipinski definition) is 3. The van der Waals surface area contributed by atoms with Gasteiger partial charge in [0.15, 0.2) is 0 Å². The van der Waals surface area contributed by atoms with Crippen LogP contribution in [-0.4, -0.2) is 16.1 Å². The number of nitrogens with zero attached hydrogens (tertiary/aromatic N) is 1. The number of aromatic carboxylic acids is 1. The van der Waals surface area contributed by atoms with Gasteiger partial charge in [-0.25, -0.2) is 9.78 Å². The molecule has 0 spiro atoms. The lowest BCUT2D eigenvalue weighted by atomic mass is 10.0. The number of ether oxygens (including phenoxy) is 1. The summed E-state index contributed by atoms with van der Waals surface area (Å²) >= 11 is 0. The first-order valence-electron chi connectivity index (χ1n) is 7.19. The lowest BCUT2D eigenvalue weighted by Gasteiger charge is -2.08. The summed E-state index contributed by atoms with van der Waals surface area (Å²) in [4.78, 5) is 15.5. The summed E-state index contributed by atoms with van der Waals surface area (Å²) in [6.07, 6.45) is 1.63. The highest BCUT2D eigenvalue weighted by molar-refractivity contribution is 5.95. The van der Waals surface area contributed by atoms with Crippen molar-refractivity contribution in [3.63, 3.8) is 0 Å². The van der Waals surface area contributed by atoms with Gasteiger partial charge in [0.2, 0.25) is 5.88 Å². The van der Waals surface area contributed by atoms with Crippen molar-refractivity contribution in [1.82, 2.24) is 4.98 Å². The number of rotatable bonds is 5. The molecule has 1 heterocycles. The van der Waals surface area contributed by atoms with Crippen LogP contribution < -0.4 is 4.74 Å². The largest absolute Gasteiger partial charge is 0.478 e. The van der Waals surface area contributed by atoms with E-state index in [-0.39, 0.29) is 5.56 Å². The molecule has 0 bridgehead atoms. The van der Waals surface area contributed by atoms with E-state index in [4.69, 9.17) is 4.74 Å². The average molecular weight is 305 g/mol. The van der Waals surface area contributed by atoms with Gasteiger partial charge in [0, 0.05) is 17.8 Å². The van der Waals surface area contributed by atoms with E-state index in [9.17, 15) is 9.90 Å². The Labute approximate surface area is 134 Å². The van der Waals surface area contributed by atoms with Gasteiger partial charge in [0.25, 0.3) is 0 Å². The van der Waals surface area contributed by atoms with Crippen LogP contribution in [0.5, 0.6) is 5.88 Å². The molecule has 0 aliphatic carbocycles. The lowest BCUT2D eigenvalue weighted by Crippen LogP contribution is -2.00. The number of carbonyl (C=O) groups is 1. The first-order chi connectivity index (χ1) is 11.2. The fraction of sp³-hybridized carbons (Fsp3) is 0.0526. The first-order valence-corrected chi connectivity index (χ1v) is 7.19. The maximum Gasteiger partial charge on any atom is 0.336 e. The number of aromatic nitrogens is 1. The zero-order valence-electron chi connectivity index (χ0n) is 12.3. The molecular weight excluding hydrogens is 290 g/mol. The van der Waals surface area contributed by atoms with Crippen LogP contribution in [0.25, 0.3) is 11.1 Å². The molecule has 4 nitrogen and oxygen atoms in total. The van der Waals surface area contributed by atoms with Crippen molar-refractivity contribution >= 4 is 5.97 Å². The Balaban J connectivity index is 1.76. The molecule has 2 aromatic carbocycles. The van der Waals surface area contributed by atoms with Gasteiger partial charge in [-0.2, -0.15) is 0 Å². The topological polar surface area (TPSA) is 59.4 Å². The van der Waals surface area contributed by atoms with E-state index in [1.54, 1.807) is 30.5 Å². The van der Waals surface area contributed by atoms with Gasteiger partial charge in [0.05, 0.1) is 5.56 Å². The summed E-state index contributed by atoms with van der Waals surface area (Å²) in [5, 5.41) is 9.25. The van der Waals surface area contributed by atoms with Gasteiger partial charge in [-0.15, -0.1) is 0 Å². The van der Waals surface area contributed by atoms with Crippen LogP contribution >= 0.6 is 0 Å². The second-order valence-electron chi connectivity index (χ2n) is 5.01. The van der Waals surface area contributed by atoms with Crippen LogP contribution in [0.1, 0.15) is 15.9 Å². The maximum absolute atomic E-state index is 11.3. The first kappa shape index (κ1) is 14.8. The predicted octanol–water partition coefficient (Wildman–Crippen LogP) is 4.03. The van der Waals surface area contributed by atoms with Crippen molar-refractivity contribution in [2.45, 2.75) is 6.61 Å². The summed E-state index contributed by atoms with van der Waals surface area (Å²) in [6.45, 7) is 0.443. The molecule has 114 valence electrons. The van der Waals surface area contributed by atoms with Crippen LogP contribution in [0, 0.1) is 0 Å². The van der Waals surface area contributed by atoms with Gasteiger partial charge in [0.1, 0.15) is 6.61 Å². The summed E-state index contributed by atoms with van der Waals surface area (Å²) in [5.41, 5.74) is 2.71. The van der Waals surface area contributed by atoms with Crippen molar-refractivity contribution in [3.05, 3.63) is 84.1 Å². The minimum Gasteiger partial charge on any atom is -0.478 e. The third-order valence-electron chi connectivity index (χ3n) is 3.43. The molecular formula is C19H15NO3. The number of carboxylic acids is 1. The second kappa shape index (κ2) is 6.75. The van der Waals surface area contributed by atoms with Crippen LogP contribution in [0.2, 0.25) is 0 Å². The molecule has 0 unspecified atom stereocenters. The van der Waals surface area contributed by atoms with Gasteiger partial charge in [-0.1, -0.05) is 48.5 Å². The minimum atomic E-state index is -0.954. The van der Waals surface area contributed by atoms with Gasteiger partial charge in [-0.05, 0) is 23.3 Å². The molecule has 0 amide bonds. The lowest BCUT2D eigenvalue weighted by molar-refractivity contribution is 0.0697. The zero-order chi connectivity index (χ0) is 16.1. The number of benzene rings is 2. The molecule has 0 radical (unpaired) electrons. The summed E-state index contributed by atoms with van der Waals surface area (Å²) < 4.78 is 5.63. The minimum absolute atomic E-state index is 0.257. The highest BCUT2D eigenvalue weighted by Gasteiger charge is 2.11. The van der Waals surface area contributed by atoms with Crippen LogP contribution in [-0.2, 0) is 6.61 Å². The van der Waals surface area contributed by atoms with Crippen LogP contribution in [0.15, 0.2) is 72.9 Å². The quantitative estimate of drug-likeness (QED) is 0.773. The van der Waals surface area contributed by atoms with Crippen molar-refractivity contribution < 1.29 is 14.6 Å². The van der Waals surface area contributed by atoms with E-state index in [0.717, 1.165) is 11.1 Å². The van der Waals surface area contributed by atoms with E-state index < -0.39 is 5.97 Å². The zero-order valence-corrected chi connectivity index (χ0v) is 12.3. The van der Waals surface area contributed by atoms with E-state index in [1.165, 1.54) is 0 Å². The third kappa shape index (κ3) is 3.55. The molecule has 23 heavy (non-hydrogen) atoms. The monoisotopic (exact) mass is 305 g/mol. The van der Waals surface area contributed by atoms with Crippen molar-refractivity contribution in [3.8, 4) is 17.0 Å². The highest BCUT2D eigenvalue weighted by atomic mass is 16.5. The van der Waals surface area contributed by atoms with E-state index >= 15 is 0 Å². The Morgan fingerprint density at radius 3 is 2.39 bits per heavy atom. The second-order valence-corrected chi connectivity index (χ2v) is 5.01. The van der Waals surface area contributed by atoms with Crippen molar-refractivity contribution in [1.29, 1.82) is 0 Å². The Morgan fingerprint density at radius 2 is 1.70 bits per heavy atom. The highest BCUT2D eigenvalue weighted by Crippen LogP contribution is 2.24. The molecule has 0 saturated heterocycles. The normalized spacial score (nSPS) is 10.3. The fourth-order valence-corrected chi connectivity index (χ4v) is 2.28. The fourth-order valence-electron chi connectivity index (χ4n) is 2.28. The Bertz CT molecular complexity index is 798. The summed E-state index contributed by atoms with van der Waals surface area (Å²) in [5.74, 6) is -0.449. The molecule has 0 aliphatic heterocycles. The Hall–Kier alpha value is -3.14. The molecule has 0 atom stereocenters. The maximum atomic E-state index is 11.3. The molecule has 4 heteroatoms.